The Morgan fingerprint density at radius 3 is 2.75 bits per heavy atom. The van der Waals surface area contributed by atoms with Gasteiger partial charge in [-0.25, -0.2) is 4.39 Å². The van der Waals surface area contributed by atoms with Gasteiger partial charge in [-0.05, 0) is 62.1 Å². The highest BCUT2D eigenvalue weighted by molar-refractivity contribution is 5.98. The minimum atomic E-state index is -0.550. The molecule has 0 N–H and O–H groups in total. The predicted molar refractivity (Wildman–Crippen MR) is 92.8 cm³/mol. The lowest BCUT2D eigenvalue weighted by molar-refractivity contribution is -0.126. The topological polar surface area (TPSA) is 29.5 Å². The van der Waals surface area contributed by atoms with Crippen LogP contribution in [0.2, 0.25) is 0 Å². The van der Waals surface area contributed by atoms with Crippen LogP contribution in [0.3, 0.4) is 0 Å². The van der Waals surface area contributed by atoms with Gasteiger partial charge < -0.3 is 9.64 Å². The van der Waals surface area contributed by atoms with Gasteiger partial charge in [0.2, 0.25) is 0 Å². The van der Waals surface area contributed by atoms with Gasteiger partial charge in [-0.3, -0.25) is 4.79 Å². The fraction of sp³-hybridized carbons (Fsp3) is 0.350. The highest BCUT2D eigenvalue weighted by atomic mass is 19.1. The number of hydrogen-bond donors (Lipinski definition) is 0. The monoisotopic (exact) mass is 327 g/mol. The molecule has 2 aromatic carbocycles. The van der Waals surface area contributed by atoms with Gasteiger partial charge in [-0.15, -0.1) is 0 Å². The van der Waals surface area contributed by atoms with Gasteiger partial charge >= 0.3 is 0 Å². The minimum Gasteiger partial charge on any atom is -0.481 e. The number of aryl methyl sites for hydroxylation is 1. The molecule has 0 fully saturated rings. The maximum Gasteiger partial charge on any atom is 0.268 e. The van der Waals surface area contributed by atoms with Crippen LogP contribution in [0.5, 0.6) is 5.75 Å². The lowest BCUT2D eigenvalue weighted by Crippen LogP contribution is -2.48. The molecule has 1 amide bonds. The molecule has 1 aliphatic rings. The molecule has 1 aliphatic heterocycles. The Balaban J connectivity index is 1.87. The fourth-order valence-electron chi connectivity index (χ4n) is 3.18. The molecule has 126 valence electrons. The lowest BCUT2D eigenvalue weighted by atomic mass is 9.95. The molecule has 0 bridgehead atoms. The molecule has 0 aliphatic carbocycles. The third-order valence-corrected chi connectivity index (χ3v) is 4.48. The van der Waals surface area contributed by atoms with Crippen molar-refractivity contribution in [3.05, 3.63) is 59.9 Å². The van der Waals surface area contributed by atoms with E-state index in [2.05, 4.69) is 0 Å². The van der Waals surface area contributed by atoms with E-state index >= 15 is 0 Å². The molecule has 3 nitrogen and oxygen atoms in total. The Morgan fingerprint density at radius 1 is 1.29 bits per heavy atom. The maximum atomic E-state index is 13.5. The van der Waals surface area contributed by atoms with E-state index in [0.717, 1.165) is 24.1 Å². The normalized spacial score (nSPS) is 18.0. The number of anilines is 1. The molecule has 2 atom stereocenters. The Bertz CT molecular complexity index is 717. The average molecular weight is 327 g/mol. The van der Waals surface area contributed by atoms with Crippen LogP contribution in [0, 0.1) is 5.82 Å². The number of para-hydroxylation sites is 1. The van der Waals surface area contributed by atoms with Gasteiger partial charge in [-0.2, -0.15) is 0 Å². The van der Waals surface area contributed by atoms with Crippen LogP contribution < -0.4 is 9.64 Å². The van der Waals surface area contributed by atoms with E-state index in [9.17, 15) is 9.18 Å². The molecular formula is C20H22FNO2. The standard InChI is InChI=1S/C20H22FNO2/c1-3-19(24-17-7-5-4-6-8-17)20(23)22-14(2)9-10-15-13-16(21)11-12-18(15)22/h4-8,11-14,19H,3,9-10H2,1-2H3/t14-,19-/m1/s1. The first kappa shape index (κ1) is 16.5. The van der Waals surface area contributed by atoms with Crippen molar-refractivity contribution in [2.45, 2.75) is 45.3 Å². The summed E-state index contributed by atoms with van der Waals surface area (Å²) >= 11 is 0. The van der Waals surface area contributed by atoms with Gasteiger partial charge in [0.05, 0.1) is 0 Å². The van der Waals surface area contributed by atoms with E-state index in [1.54, 1.807) is 11.0 Å². The number of halogens is 1. The zero-order chi connectivity index (χ0) is 17.1. The summed E-state index contributed by atoms with van der Waals surface area (Å²) in [6, 6.07) is 14.1. The first-order chi connectivity index (χ1) is 11.6. The van der Waals surface area contributed by atoms with Crippen LogP contribution >= 0.6 is 0 Å². The SMILES string of the molecule is CC[C@@H](Oc1ccccc1)C(=O)N1c2ccc(F)cc2CC[C@H]1C. The molecule has 0 unspecified atom stereocenters. The van der Waals surface area contributed by atoms with Crippen molar-refractivity contribution in [1.29, 1.82) is 0 Å². The fourth-order valence-corrected chi connectivity index (χ4v) is 3.18. The lowest BCUT2D eigenvalue weighted by Gasteiger charge is -2.37. The number of carbonyl (C=O) groups is 1. The second-order valence-corrected chi connectivity index (χ2v) is 6.20. The van der Waals surface area contributed by atoms with Crippen LogP contribution in [0.25, 0.3) is 0 Å². The molecule has 1 heterocycles. The summed E-state index contributed by atoms with van der Waals surface area (Å²) in [4.78, 5) is 14.9. The van der Waals surface area contributed by atoms with E-state index in [4.69, 9.17) is 4.74 Å². The molecule has 4 heteroatoms. The summed E-state index contributed by atoms with van der Waals surface area (Å²) in [6.45, 7) is 3.96. The van der Waals surface area contributed by atoms with Gasteiger partial charge in [0, 0.05) is 11.7 Å². The third kappa shape index (κ3) is 3.28. The summed E-state index contributed by atoms with van der Waals surface area (Å²) in [5.74, 6) is 0.353. The predicted octanol–water partition coefficient (Wildman–Crippen LogP) is 4.35. The van der Waals surface area contributed by atoms with Crippen molar-refractivity contribution in [1.82, 2.24) is 0 Å². The largest absolute Gasteiger partial charge is 0.481 e. The number of rotatable bonds is 4. The van der Waals surface area contributed by atoms with Gasteiger partial charge in [0.15, 0.2) is 6.10 Å². The van der Waals surface area contributed by atoms with E-state index in [0.29, 0.717) is 12.2 Å². The van der Waals surface area contributed by atoms with Crippen LogP contribution in [0.15, 0.2) is 48.5 Å². The number of nitrogens with zero attached hydrogens (tertiary/aromatic N) is 1. The molecule has 0 radical (unpaired) electrons. The van der Waals surface area contributed by atoms with Crippen LogP contribution in [-0.4, -0.2) is 18.1 Å². The molecule has 0 aromatic heterocycles. The van der Waals surface area contributed by atoms with Crippen molar-refractivity contribution < 1.29 is 13.9 Å². The number of carbonyl (C=O) groups excluding carboxylic acids is 1. The number of ether oxygens (including phenoxy) is 1. The number of hydrogen-bond acceptors (Lipinski definition) is 2. The zero-order valence-corrected chi connectivity index (χ0v) is 14.0. The van der Waals surface area contributed by atoms with Crippen molar-refractivity contribution in [3.8, 4) is 5.75 Å². The van der Waals surface area contributed by atoms with Crippen molar-refractivity contribution in [2.24, 2.45) is 0 Å². The summed E-state index contributed by atoms with van der Waals surface area (Å²) in [6.07, 6.45) is 1.64. The highest BCUT2D eigenvalue weighted by Crippen LogP contribution is 2.32. The van der Waals surface area contributed by atoms with Crippen molar-refractivity contribution >= 4 is 11.6 Å². The Morgan fingerprint density at radius 2 is 2.04 bits per heavy atom. The molecule has 0 saturated carbocycles. The van der Waals surface area contributed by atoms with Crippen molar-refractivity contribution in [3.63, 3.8) is 0 Å². The molecule has 0 spiro atoms. The Labute approximate surface area is 142 Å². The molecule has 2 aromatic rings. The van der Waals surface area contributed by atoms with Crippen LogP contribution in [-0.2, 0) is 11.2 Å². The smallest absolute Gasteiger partial charge is 0.268 e. The number of amides is 1. The zero-order valence-electron chi connectivity index (χ0n) is 14.0. The summed E-state index contributed by atoms with van der Waals surface area (Å²) < 4.78 is 19.4. The van der Waals surface area contributed by atoms with Gasteiger partial charge in [-0.1, -0.05) is 25.1 Å². The van der Waals surface area contributed by atoms with Crippen LogP contribution in [0.1, 0.15) is 32.3 Å². The summed E-state index contributed by atoms with van der Waals surface area (Å²) in [5.41, 5.74) is 1.69. The highest BCUT2D eigenvalue weighted by Gasteiger charge is 2.33. The Hall–Kier alpha value is -2.36. The van der Waals surface area contributed by atoms with E-state index in [-0.39, 0.29) is 17.8 Å². The molecular weight excluding hydrogens is 305 g/mol. The summed E-state index contributed by atoms with van der Waals surface area (Å²) in [5, 5.41) is 0. The van der Waals surface area contributed by atoms with E-state index in [1.165, 1.54) is 12.1 Å². The maximum absolute atomic E-state index is 13.5. The first-order valence-corrected chi connectivity index (χ1v) is 8.43. The molecule has 24 heavy (non-hydrogen) atoms. The second-order valence-electron chi connectivity index (χ2n) is 6.20. The second kappa shape index (κ2) is 7.04. The Kier molecular flexibility index (Phi) is 4.84. The van der Waals surface area contributed by atoms with Crippen molar-refractivity contribution in [2.75, 3.05) is 4.90 Å². The van der Waals surface area contributed by atoms with E-state index < -0.39 is 6.10 Å². The minimum absolute atomic E-state index is 0.0681. The quantitative estimate of drug-likeness (QED) is 0.835. The van der Waals surface area contributed by atoms with E-state index in [1.807, 2.05) is 44.2 Å². The number of fused-ring (bicyclic) bond motifs is 1. The molecule has 3 rings (SSSR count). The molecule has 0 saturated heterocycles. The van der Waals surface area contributed by atoms with Crippen LogP contribution in [0.4, 0.5) is 10.1 Å². The van der Waals surface area contributed by atoms with Gasteiger partial charge in [0.25, 0.3) is 5.91 Å². The van der Waals surface area contributed by atoms with Gasteiger partial charge in [0.1, 0.15) is 11.6 Å². The summed E-state index contributed by atoms with van der Waals surface area (Å²) in [7, 11) is 0. The first-order valence-electron chi connectivity index (χ1n) is 8.43. The average Bonchev–Trinajstić information content (AvgIpc) is 2.60. The number of benzene rings is 2. The third-order valence-electron chi connectivity index (χ3n) is 4.48.